The molecule has 5 heavy (non-hydrogen) atoms. The van der Waals surface area contributed by atoms with Crippen LogP contribution in [0.2, 0.25) is 0 Å². The van der Waals surface area contributed by atoms with E-state index >= 15 is 0 Å². The molecule has 1 heterocycles. The van der Waals surface area contributed by atoms with Gasteiger partial charge in [0.2, 0.25) is 0 Å². The van der Waals surface area contributed by atoms with E-state index in [-0.39, 0.29) is 1.43 Å². The first-order valence-electron chi connectivity index (χ1n) is 1.47. The minimum Gasteiger partial charge on any atom is -0.473 e. The average molecular weight is 70.1 g/mol. The lowest BCUT2D eigenvalue weighted by Gasteiger charge is -1.50. The molecule has 0 saturated carbocycles. The third-order valence-electron chi connectivity index (χ3n) is 0.425. The molecule has 0 spiro atoms. The highest BCUT2D eigenvalue weighted by Gasteiger charge is 1.58. The highest BCUT2D eigenvalue weighted by molar-refractivity contribution is 4.79. The topological polar surface area (TPSA) is 13.1 Å². The summed E-state index contributed by atoms with van der Waals surface area (Å²) in [4.78, 5) is 0. The molecular formula is C4H6O. The Hall–Kier alpha value is -0.720. The predicted molar refractivity (Wildman–Crippen MR) is 20.8 cm³/mol. The summed E-state index contributed by atoms with van der Waals surface area (Å²) in [6.07, 6.45) is 3.25. The van der Waals surface area contributed by atoms with E-state index < -0.39 is 0 Å². The van der Waals surface area contributed by atoms with Gasteiger partial charge >= 0.3 is 0 Å². The van der Waals surface area contributed by atoms with Crippen molar-refractivity contribution in [3.63, 3.8) is 0 Å². The Labute approximate surface area is 31.7 Å². The fraction of sp³-hybridized carbons (Fsp3) is 0. The van der Waals surface area contributed by atoms with Gasteiger partial charge in [-0.05, 0) is 12.1 Å². The normalized spacial score (nSPS) is 8.00. The maximum Gasteiger partial charge on any atom is 0.0902 e. The van der Waals surface area contributed by atoms with Gasteiger partial charge in [-0.15, -0.1) is 0 Å². The van der Waals surface area contributed by atoms with Crippen molar-refractivity contribution in [2.45, 2.75) is 0 Å². The largest absolute Gasteiger partial charge is 0.473 e. The van der Waals surface area contributed by atoms with Crippen LogP contribution in [-0.4, -0.2) is 0 Å². The van der Waals surface area contributed by atoms with Crippen molar-refractivity contribution in [3.8, 4) is 0 Å². The van der Waals surface area contributed by atoms with Crippen LogP contribution in [0.25, 0.3) is 0 Å². The zero-order valence-electron chi connectivity index (χ0n) is 2.72. The van der Waals surface area contributed by atoms with E-state index in [0.717, 1.165) is 0 Å². The molecule has 1 nitrogen and oxygen atoms in total. The van der Waals surface area contributed by atoms with E-state index in [2.05, 4.69) is 4.42 Å². The van der Waals surface area contributed by atoms with Crippen LogP contribution in [0, 0.1) is 0 Å². The van der Waals surface area contributed by atoms with Gasteiger partial charge < -0.3 is 4.42 Å². The second kappa shape index (κ2) is 0.931. The molecule has 1 heteroatoms. The lowest BCUT2D eigenvalue weighted by molar-refractivity contribution is 0.567. The molecule has 0 N–H and O–H groups in total. The van der Waals surface area contributed by atoms with Crippen LogP contribution in [0.4, 0.5) is 0 Å². The molecule has 28 valence electrons. The summed E-state index contributed by atoms with van der Waals surface area (Å²) >= 11 is 0. The number of hydrogen-bond donors (Lipinski definition) is 0. The van der Waals surface area contributed by atoms with Crippen LogP contribution in [0.5, 0.6) is 0 Å². The standard InChI is InChI=1S/C4H4O.H2/c1-2-4-5-3-1;/h1-4H;1H. The highest BCUT2D eigenvalue weighted by Crippen LogP contribution is 1.79. The van der Waals surface area contributed by atoms with Crippen molar-refractivity contribution in [2.75, 3.05) is 0 Å². The van der Waals surface area contributed by atoms with Crippen LogP contribution < -0.4 is 0 Å². The summed E-state index contributed by atoms with van der Waals surface area (Å²) in [5, 5.41) is 0. The SMILES string of the molecule is [HH].c1ccoc1. The Morgan fingerprint density at radius 2 is 1.80 bits per heavy atom. The molecule has 1 aromatic rings. The highest BCUT2D eigenvalue weighted by atomic mass is 16.3. The van der Waals surface area contributed by atoms with E-state index in [1.54, 1.807) is 12.5 Å². The molecule has 0 aliphatic carbocycles. The molecule has 0 aromatic carbocycles. The Balaban J connectivity index is 0.000000250. The first-order valence-corrected chi connectivity index (χ1v) is 1.47. The van der Waals surface area contributed by atoms with Gasteiger partial charge in [-0.3, -0.25) is 0 Å². The second-order valence-electron chi connectivity index (χ2n) is 0.793. The maximum atomic E-state index is 4.58. The monoisotopic (exact) mass is 70.0 g/mol. The average Bonchev–Trinajstić information content (AvgIpc) is 1.76. The number of furan rings is 1. The lowest BCUT2D eigenvalue weighted by Crippen LogP contribution is -1.16. The summed E-state index contributed by atoms with van der Waals surface area (Å²) < 4.78 is 4.58. The molecule has 0 radical (unpaired) electrons. The predicted octanol–water partition coefficient (Wildman–Crippen LogP) is 1.53. The Kier molecular flexibility index (Phi) is 0.468. The van der Waals surface area contributed by atoms with Gasteiger partial charge in [0, 0.05) is 1.43 Å². The van der Waals surface area contributed by atoms with Gasteiger partial charge in [-0.2, -0.15) is 0 Å². The van der Waals surface area contributed by atoms with Crippen molar-refractivity contribution in [3.05, 3.63) is 24.7 Å². The van der Waals surface area contributed by atoms with Crippen LogP contribution in [0.3, 0.4) is 0 Å². The van der Waals surface area contributed by atoms with Crippen molar-refractivity contribution in [2.24, 2.45) is 0 Å². The van der Waals surface area contributed by atoms with Gasteiger partial charge in [0.15, 0.2) is 0 Å². The number of rotatable bonds is 0. The second-order valence-corrected chi connectivity index (χ2v) is 0.793. The minimum atomic E-state index is 0. The lowest BCUT2D eigenvalue weighted by atomic mass is 10.7. The van der Waals surface area contributed by atoms with Gasteiger partial charge in [-0.25, -0.2) is 0 Å². The smallest absolute Gasteiger partial charge is 0.0902 e. The third kappa shape index (κ3) is 0.293. The van der Waals surface area contributed by atoms with Crippen molar-refractivity contribution in [1.82, 2.24) is 0 Å². The Morgan fingerprint density at radius 1 is 1.20 bits per heavy atom. The van der Waals surface area contributed by atoms with Gasteiger partial charge in [-0.1, -0.05) is 0 Å². The van der Waals surface area contributed by atoms with E-state index in [9.17, 15) is 0 Å². The van der Waals surface area contributed by atoms with Crippen LogP contribution in [0.1, 0.15) is 1.43 Å². The van der Waals surface area contributed by atoms with Crippen molar-refractivity contribution in [1.29, 1.82) is 0 Å². The first kappa shape index (κ1) is 2.51. The van der Waals surface area contributed by atoms with Gasteiger partial charge in [0.1, 0.15) is 0 Å². The molecular weight excluding hydrogens is 64.0 g/mol. The molecule has 0 atom stereocenters. The molecule has 0 aliphatic heterocycles. The quantitative estimate of drug-likeness (QED) is 0.451. The molecule has 0 aliphatic rings. The molecule has 0 bridgehead atoms. The first-order chi connectivity index (χ1) is 2.50. The molecule has 0 unspecified atom stereocenters. The Morgan fingerprint density at radius 3 is 2.00 bits per heavy atom. The summed E-state index contributed by atoms with van der Waals surface area (Å²) in [6.45, 7) is 0. The van der Waals surface area contributed by atoms with Gasteiger partial charge in [0.05, 0.1) is 12.5 Å². The fourth-order valence-corrected chi connectivity index (χ4v) is 0.227. The van der Waals surface area contributed by atoms with E-state index in [4.69, 9.17) is 0 Å². The summed E-state index contributed by atoms with van der Waals surface area (Å²) in [5.41, 5.74) is 0. The third-order valence-corrected chi connectivity index (χ3v) is 0.425. The van der Waals surface area contributed by atoms with Crippen LogP contribution in [0.15, 0.2) is 29.1 Å². The zero-order chi connectivity index (χ0) is 3.54. The minimum absolute atomic E-state index is 0. The molecule has 0 fully saturated rings. The maximum absolute atomic E-state index is 4.58. The van der Waals surface area contributed by atoms with Gasteiger partial charge in [0.25, 0.3) is 0 Å². The Bertz CT molecular complexity index is 64.0. The van der Waals surface area contributed by atoms with E-state index in [1.807, 2.05) is 12.1 Å². The summed E-state index contributed by atoms with van der Waals surface area (Å²) in [6, 6.07) is 3.67. The zero-order valence-corrected chi connectivity index (χ0v) is 2.72. The molecule has 1 rings (SSSR count). The van der Waals surface area contributed by atoms with Crippen LogP contribution in [-0.2, 0) is 0 Å². The van der Waals surface area contributed by atoms with Crippen LogP contribution >= 0.6 is 0 Å². The molecule has 0 amide bonds. The van der Waals surface area contributed by atoms with E-state index in [0.29, 0.717) is 0 Å². The van der Waals surface area contributed by atoms with Crippen molar-refractivity contribution < 1.29 is 5.84 Å². The van der Waals surface area contributed by atoms with Crippen molar-refractivity contribution >= 4 is 0 Å². The summed E-state index contributed by atoms with van der Waals surface area (Å²) in [5.74, 6) is 0. The molecule has 1 aromatic heterocycles. The molecule has 0 saturated heterocycles. The number of hydrogen-bond acceptors (Lipinski definition) is 1. The van der Waals surface area contributed by atoms with E-state index in [1.165, 1.54) is 0 Å². The fourth-order valence-electron chi connectivity index (χ4n) is 0.227. The summed E-state index contributed by atoms with van der Waals surface area (Å²) in [7, 11) is 0.